The molecule has 2 aromatic heterocycles. The molecule has 0 radical (unpaired) electrons. The fraction of sp³-hybridized carbons (Fsp3) is 0.600. The predicted octanol–water partition coefficient (Wildman–Crippen LogP) is 2.65. The van der Waals surface area contributed by atoms with E-state index < -0.39 is 0 Å². The van der Waals surface area contributed by atoms with Crippen molar-refractivity contribution in [2.45, 2.75) is 45.3 Å². The van der Waals surface area contributed by atoms with Crippen LogP contribution in [0.15, 0.2) is 12.1 Å². The van der Waals surface area contributed by atoms with E-state index in [4.69, 9.17) is 16.7 Å². The van der Waals surface area contributed by atoms with Crippen LogP contribution >= 0.6 is 22.9 Å². The summed E-state index contributed by atoms with van der Waals surface area (Å²) in [6, 6.07) is 4.38. The summed E-state index contributed by atoms with van der Waals surface area (Å²) in [6.07, 6.45) is 2.90. The summed E-state index contributed by atoms with van der Waals surface area (Å²) in [6.45, 7) is 7.15. The number of rotatable bonds is 5. The van der Waals surface area contributed by atoms with E-state index in [1.54, 1.807) is 11.3 Å². The van der Waals surface area contributed by atoms with Gasteiger partial charge in [-0.25, -0.2) is 0 Å². The second-order valence-corrected chi connectivity index (χ2v) is 9.51. The van der Waals surface area contributed by atoms with Gasteiger partial charge in [-0.1, -0.05) is 11.6 Å². The molecule has 1 N–H and O–H groups in total. The number of nitrogens with zero attached hydrogens (tertiary/aromatic N) is 4. The van der Waals surface area contributed by atoms with E-state index in [0.717, 1.165) is 68.4 Å². The molecule has 0 saturated carbocycles. The summed E-state index contributed by atoms with van der Waals surface area (Å²) >= 11 is 7.66. The summed E-state index contributed by atoms with van der Waals surface area (Å²) in [5, 5.41) is 8.38. The largest absolute Gasteiger partial charge is 0.335 e. The topological polar surface area (TPSA) is 53.4 Å². The van der Waals surface area contributed by atoms with Gasteiger partial charge in [0.25, 0.3) is 5.91 Å². The van der Waals surface area contributed by atoms with Crippen LogP contribution in [-0.2, 0) is 25.9 Å². The Bertz CT molecular complexity index is 840. The van der Waals surface area contributed by atoms with Crippen LogP contribution < -0.4 is 5.32 Å². The highest BCUT2D eigenvalue weighted by molar-refractivity contribution is 7.16. The molecular formula is C20H28ClN5OS. The third-order valence-corrected chi connectivity index (χ3v) is 7.06. The minimum absolute atomic E-state index is 0.0993. The quantitative estimate of drug-likeness (QED) is 0.806. The monoisotopic (exact) mass is 421 g/mol. The molecule has 2 aromatic rings. The normalized spacial score (nSPS) is 20.4. The number of halogens is 1. The minimum Gasteiger partial charge on any atom is -0.335 e. The lowest BCUT2D eigenvalue weighted by Crippen LogP contribution is -2.47. The van der Waals surface area contributed by atoms with Gasteiger partial charge in [-0.05, 0) is 45.4 Å². The molecule has 0 bridgehead atoms. The van der Waals surface area contributed by atoms with Crippen LogP contribution in [0.3, 0.4) is 0 Å². The molecule has 3 heterocycles. The van der Waals surface area contributed by atoms with Crippen LogP contribution in [0.5, 0.6) is 0 Å². The molecule has 8 heteroatoms. The number of carbonyl (C=O) groups is 1. The zero-order chi connectivity index (χ0) is 19.7. The van der Waals surface area contributed by atoms with Gasteiger partial charge in [-0.2, -0.15) is 5.10 Å². The number of hydrogen-bond donors (Lipinski definition) is 1. The van der Waals surface area contributed by atoms with Gasteiger partial charge in [-0.3, -0.25) is 9.48 Å². The van der Waals surface area contributed by atoms with Crippen LogP contribution in [0.25, 0.3) is 0 Å². The molecule has 1 aliphatic carbocycles. The Morgan fingerprint density at radius 2 is 2.11 bits per heavy atom. The van der Waals surface area contributed by atoms with Crippen LogP contribution in [0.4, 0.5) is 0 Å². The highest BCUT2D eigenvalue weighted by atomic mass is 35.5. The summed E-state index contributed by atoms with van der Waals surface area (Å²) < 4.78 is 2.86. The van der Waals surface area contributed by atoms with Gasteiger partial charge in [0, 0.05) is 61.4 Å². The Morgan fingerprint density at radius 1 is 1.32 bits per heavy atom. The second kappa shape index (κ2) is 8.53. The maximum atomic E-state index is 13.2. The molecule has 1 fully saturated rings. The maximum absolute atomic E-state index is 13.2. The minimum atomic E-state index is 0.0993. The molecular weight excluding hydrogens is 394 g/mol. The van der Waals surface area contributed by atoms with E-state index in [0.29, 0.717) is 11.7 Å². The van der Waals surface area contributed by atoms with Crippen molar-refractivity contribution in [1.29, 1.82) is 0 Å². The van der Waals surface area contributed by atoms with Crippen LogP contribution in [0.1, 0.15) is 40.0 Å². The Hall–Kier alpha value is -1.41. The number of likely N-dealkylation sites (N-methyl/N-ethyl adjacent to an activating group) is 1. The van der Waals surface area contributed by atoms with Crippen molar-refractivity contribution in [2.24, 2.45) is 0 Å². The fourth-order valence-electron chi connectivity index (χ4n) is 4.15. The van der Waals surface area contributed by atoms with Gasteiger partial charge in [0.1, 0.15) is 0 Å². The number of carbonyl (C=O) groups excluding carboxylic acids is 1. The first-order valence-electron chi connectivity index (χ1n) is 10.1. The Labute approximate surface area is 175 Å². The Morgan fingerprint density at radius 3 is 2.79 bits per heavy atom. The molecule has 1 unspecified atom stereocenters. The number of thiophene rings is 1. The van der Waals surface area contributed by atoms with Gasteiger partial charge in [0.15, 0.2) is 5.69 Å². The van der Waals surface area contributed by atoms with Crippen LogP contribution in [0.2, 0.25) is 4.34 Å². The fourth-order valence-corrected chi connectivity index (χ4v) is 5.18. The zero-order valence-electron chi connectivity index (χ0n) is 16.6. The van der Waals surface area contributed by atoms with Crippen molar-refractivity contribution in [3.05, 3.63) is 38.3 Å². The standard InChI is InChI=1S/C20H28ClN5OS/c1-3-26-17-6-4-14(22-13-15-5-7-18(21)28-15)12-16(17)19(23-26)20(27)25-10-8-24(2)9-11-25/h5,7,14,22H,3-4,6,8-13H2,1-2H3. The van der Waals surface area contributed by atoms with E-state index in [9.17, 15) is 4.79 Å². The third kappa shape index (κ3) is 4.13. The van der Waals surface area contributed by atoms with Crippen molar-refractivity contribution >= 4 is 28.8 Å². The zero-order valence-corrected chi connectivity index (χ0v) is 18.2. The van der Waals surface area contributed by atoms with Crippen molar-refractivity contribution in [2.75, 3.05) is 33.2 Å². The van der Waals surface area contributed by atoms with Crippen molar-refractivity contribution in [3.8, 4) is 0 Å². The van der Waals surface area contributed by atoms with E-state index >= 15 is 0 Å². The molecule has 4 rings (SSSR count). The molecule has 28 heavy (non-hydrogen) atoms. The molecule has 2 aliphatic rings. The van der Waals surface area contributed by atoms with Gasteiger partial charge in [-0.15, -0.1) is 11.3 Å². The van der Waals surface area contributed by atoms with Gasteiger partial charge >= 0.3 is 0 Å². The predicted molar refractivity (Wildman–Crippen MR) is 113 cm³/mol. The molecule has 1 atom stereocenters. The van der Waals surface area contributed by atoms with Crippen molar-refractivity contribution < 1.29 is 4.79 Å². The summed E-state index contributed by atoms with van der Waals surface area (Å²) in [5.41, 5.74) is 3.07. The van der Waals surface area contributed by atoms with Gasteiger partial charge in [0.2, 0.25) is 0 Å². The molecule has 0 aromatic carbocycles. The number of piperazine rings is 1. The van der Waals surface area contributed by atoms with E-state index in [1.165, 1.54) is 10.6 Å². The molecule has 1 amide bonds. The smallest absolute Gasteiger partial charge is 0.274 e. The first kappa shape index (κ1) is 19.9. The van der Waals surface area contributed by atoms with Crippen LogP contribution in [-0.4, -0.2) is 64.8 Å². The number of nitrogens with one attached hydrogen (secondary N) is 1. The first-order valence-corrected chi connectivity index (χ1v) is 11.3. The second-order valence-electron chi connectivity index (χ2n) is 7.71. The van der Waals surface area contributed by atoms with Crippen LogP contribution in [0, 0.1) is 0 Å². The Kier molecular flexibility index (Phi) is 6.06. The number of amides is 1. The summed E-state index contributed by atoms with van der Waals surface area (Å²) in [4.78, 5) is 18.7. The molecule has 1 saturated heterocycles. The highest BCUT2D eigenvalue weighted by Gasteiger charge is 2.31. The Balaban J connectivity index is 1.49. The average molecular weight is 422 g/mol. The van der Waals surface area contributed by atoms with Gasteiger partial charge < -0.3 is 15.1 Å². The molecule has 0 spiro atoms. The molecule has 152 valence electrons. The number of fused-ring (bicyclic) bond motifs is 1. The van der Waals surface area contributed by atoms with E-state index in [1.807, 2.05) is 15.6 Å². The molecule has 6 nitrogen and oxygen atoms in total. The third-order valence-electron chi connectivity index (χ3n) is 5.83. The van der Waals surface area contributed by atoms with E-state index in [-0.39, 0.29) is 5.91 Å². The molecule has 1 aliphatic heterocycles. The maximum Gasteiger partial charge on any atom is 0.274 e. The van der Waals surface area contributed by atoms with E-state index in [2.05, 4.69) is 30.3 Å². The summed E-state index contributed by atoms with van der Waals surface area (Å²) in [7, 11) is 2.10. The lowest BCUT2D eigenvalue weighted by atomic mass is 9.91. The first-order chi connectivity index (χ1) is 13.5. The lowest BCUT2D eigenvalue weighted by Gasteiger charge is -2.32. The lowest BCUT2D eigenvalue weighted by molar-refractivity contribution is 0.0656. The van der Waals surface area contributed by atoms with Gasteiger partial charge in [0.05, 0.1) is 4.34 Å². The number of hydrogen-bond acceptors (Lipinski definition) is 5. The SMILES string of the molecule is CCn1nc(C(=O)N2CCN(C)CC2)c2c1CCC(NCc1ccc(Cl)s1)C2. The average Bonchev–Trinajstić information content (AvgIpc) is 3.29. The number of aromatic nitrogens is 2. The van der Waals surface area contributed by atoms with Crippen molar-refractivity contribution in [3.63, 3.8) is 0 Å². The van der Waals surface area contributed by atoms with Crippen molar-refractivity contribution in [1.82, 2.24) is 24.9 Å². The summed E-state index contributed by atoms with van der Waals surface area (Å²) in [5.74, 6) is 0.0993. The number of aryl methyl sites for hydroxylation is 1. The highest BCUT2D eigenvalue weighted by Crippen LogP contribution is 2.27.